The highest BCUT2D eigenvalue weighted by Crippen LogP contribution is 2.36. The number of hydrogen-bond acceptors (Lipinski definition) is 8. The third-order valence-corrected chi connectivity index (χ3v) is 5.68. The van der Waals surface area contributed by atoms with Crippen molar-refractivity contribution in [3.8, 4) is 22.9 Å². The summed E-state index contributed by atoms with van der Waals surface area (Å²) >= 11 is 1.28. The number of aliphatic hydroxyl groups is 1. The summed E-state index contributed by atoms with van der Waals surface area (Å²) in [6.45, 7) is 2.91. The van der Waals surface area contributed by atoms with Gasteiger partial charge in [0.25, 0.3) is 0 Å². The van der Waals surface area contributed by atoms with E-state index in [0.29, 0.717) is 27.7 Å². The number of nitrogens with one attached hydrogen (secondary N) is 2. The molecular formula is C23H20F3N5O3S. The number of ether oxygens (including phenoxy) is 1. The normalized spacial score (nSPS) is 12.4. The van der Waals surface area contributed by atoms with Gasteiger partial charge in [0.2, 0.25) is 17.7 Å². The summed E-state index contributed by atoms with van der Waals surface area (Å²) in [5, 5.41) is 15.4. The Bertz CT molecular complexity index is 1360. The molecule has 182 valence electrons. The van der Waals surface area contributed by atoms with E-state index in [9.17, 15) is 23.1 Å². The molecular weight excluding hydrogens is 483 g/mol. The summed E-state index contributed by atoms with van der Waals surface area (Å²) in [5.74, 6) is 0.359. The average molecular weight is 504 g/mol. The van der Waals surface area contributed by atoms with Crippen LogP contribution in [0.25, 0.3) is 21.5 Å². The molecule has 0 spiro atoms. The first-order chi connectivity index (χ1) is 16.6. The lowest BCUT2D eigenvalue weighted by molar-refractivity contribution is -0.137. The molecule has 12 heteroatoms. The third kappa shape index (κ3) is 5.84. The van der Waals surface area contributed by atoms with Gasteiger partial charge in [0.1, 0.15) is 5.52 Å². The quantitative estimate of drug-likeness (QED) is 0.313. The maximum Gasteiger partial charge on any atom is 0.416 e. The van der Waals surface area contributed by atoms with Gasteiger partial charge in [0, 0.05) is 24.6 Å². The Morgan fingerprint density at radius 1 is 1.14 bits per heavy atom. The summed E-state index contributed by atoms with van der Waals surface area (Å²) in [7, 11) is 0. The van der Waals surface area contributed by atoms with Gasteiger partial charge in [-0.15, -0.1) is 0 Å². The molecule has 1 amide bonds. The zero-order valence-corrected chi connectivity index (χ0v) is 19.4. The van der Waals surface area contributed by atoms with E-state index >= 15 is 0 Å². The minimum atomic E-state index is -4.45. The number of amides is 1. The van der Waals surface area contributed by atoms with Crippen molar-refractivity contribution in [1.82, 2.24) is 15.0 Å². The predicted octanol–water partition coefficient (Wildman–Crippen LogP) is 5.32. The molecule has 3 N–H and O–H groups in total. The van der Waals surface area contributed by atoms with Crippen LogP contribution in [0.1, 0.15) is 19.4 Å². The molecule has 1 atom stereocenters. The van der Waals surface area contributed by atoms with Crippen LogP contribution < -0.4 is 15.4 Å². The molecule has 4 aromatic rings. The molecule has 0 bridgehead atoms. The monoisotopic (exact) mass is 503 g/mol. The summed E-state index contributed by atoms with van der Waals surface area (Å²) in [6, 6.07) is 11.0. The maximum atomic E-state index is 13.0. The highest BCUT2D eigenvalue weighted by molar-refractivity contribution is 7.22. The fourth-order valence-electron chi connectivity index (χ4n) is 3.11. The zero-order chi connectivity index (χ0) is 25.2. The number of aromatic nitrogens is 3. The van der Waals surface area contributed by atoms with Gasteiger partial charge in [0.15, 0.2) is 10.9 Å². The van der Waals surface area contributed by atoms with E-state index in [1.807, 2.05) is 6.07 Å². The number of para-hydroxylation sites is 1. The molecule has 8 nitrogen and oxygen atoms in total. The molecule has 0 aliphatic heterocycles. The van der Waals surface area contributed by atoms with Crippen molar-refractivity contribution in [2.75, 3.05) is 17.2 Å². The molecule has 0 saturated heterocycles. The van der Waals surface area contributed by atoms with Gasteiger partial charge in [-0.2, -0.15) is 18.2 Å². The van der Waals surface area contributed by atoms with Crippen LogP contribution in [0.15, 0.2) is 48.5 Å². The van der Waals surface area contributed by atoms with Crippen LogP contribution >= 0.6 is 11.3 Å². The highest BCUT2D eigenvalue weighted by Gasteiger charge is 2.30. The fraction of sp³-hybridized carbons (Fsp3) is 0.217. The number of benzene rings is 2. The second kappa shape index (κ2) is 9.84. The van der Waals surface area contributed by atoms with Crippen molar-refractivity contribution < 1.29 is 27.8 Å². The topological polar surface area (TPSA) is 109 Å². The molecule has 2 aromatic carbocycles. The molecule has 1 unspecified atom stereocenters. The van der Waals surface area contributed by atoms with E-state index in [2.05, 4.69) is 25.6 Å². The number of alkyl halides is 3. The molecule has 0 aliphatic rings. The number of carbonyl (C=O) groups excluding carboxylic acids is 1. The predicted molar refractivity (Wildman–Crippen MR) is 127 cm³/mol. The summed E-state index contributed by atoms with van der Waals surface area (Å²) < 4.78 is 45.7. The van der Waals surface area contributed by atoms with Crippen molar-refractivity contribution in [3.63, 3.8) is 0 Å². The molecule has 0 fully saturated rings. The number of rotatable bonds is 7. The van der Waals surface area contributed by atoms with Gasteiger partial charge in [-0.1, -0.05) is 29.5 Å². The molecule has 0 radical (unpaired) electrons. The van der Waals surface area contributed by atoms with E-state index in [1.54, 1.807) is 19.1 Å². The van der Waals surface area contributed by atoms with Gasteiger partial charge in [-0.3, -0.25) is 4.79 Å². The van der Waals surface area contributed by atoms with E-state index < -0.39 is 11.7 Å². The van der Waals surface area contributed by atoms with E-state index in [4.69, 9.17) is 4.74 Å². The van der Waals surface area contributed by atoms with Gasteiger partial charge in [-0.25, -0.2) is 9.97 Å². The number of thiazole rings is 1. The van der Waals surface area contributed by atoms with Gasteiger partial charge in [0.05, 0.1) is 22.6 Å². The van der Waals surface area contributed by atoms with E-state index in [-0.39, 0.29) is 30.4 Å². The smallest absolute Gasteiger partial charge is 0.416 e. The first kappa shape index (κ1) is 24.4. The minimum Gasteiger partial charge on any atom is -0.437 e. The molecule has 0 saturated carbocycles. The Labute approximate surface area is 201 Å². The zero-order valence-electron chi connectivity index (χ0n) is 18.6. The van der Waals surface area contributed by atoms with Crippen LogP contribution in [0.5, 0.6) is 11.6 Å². The van der Waals surface area contributed by atoms with Gasteiger partial charge >= 0.3 is 6.18 Å². The van der Waals surface area contributed by atoms with Crippen LogP contribution in [-0.2, 0) is 11.0 Å². The Hall–Kier alpha value is -3.77. The molecule has 2 aromatic heterocycles. The average Bonchev–Trinajstić information content (AvgIpc) is 3.21. The number of halogens is 3. The van der Waals surface area contributed by atoms with Crippen LogP contribution in [0.3, 0.4) is 0 Å². The summed E-state index contributed by atoms with van der Waals surface area (Å²) in [4.78, 5) is 24.5. The Morgan fingerprint density at radius 3 is 2.54 bits per heavy atom. The lowest BCUT2D eigenvalue weighted by Gasteiger charge is -2.14. The molecule has 0 aliphatic carbocycles. The van der Waals surface area contributed by atoms with Crippen molar-refractivity contribution >= 4 is 38.5 Å². The van der Waals surface area contributed by atoms with Crippen molar-refractivity contribution in [2.45, 2.75) is 26.1 Å². The van der Waals surface area contributed by atoms with Crippen LogP contribution in [0, 0.1) is 0 Å². The fourth-order valence-corrected chi connectivity index (χ4v) is 4.04. The Balaban J connectivity index is 1.72. The van der Waals surface area contributed by atoms with Crippen molar-refractivity contribution in [1.29, 1.82) is 0 Å². The highest BCUT2D eigenvalue weighted by atomic mass is 32.1. The lowest BCUT2D eigenvalue weighted by atomic mass is 10.1. The SMILES string of the molecule is CC(=O)Nc1nc2c(Oc3cc(-c4ccc(C(F)(F)F)cc4)nc(NC(C)CO)n3)cccc2s1. The first-order valence-corrected chi connectivity index (χ1v) is 11.2. The maximum absolute atomic E-state index is 13.0. The Kier molecular flexibility index (Phi) is 6.85. The first-order valence-electron chi connectivity index (χ1n) is 10.4. The lowest BCUT2D eigenvalue weighted by Crippen LogP contribution is -2.21. The van der Waals surface area contributed by atoms with Crippen LogP contribution in [-0.4, -0.2) is 38.6 Å². The van der Waals surface area contributed by atoms with Crippen LogP contribution in [0.2, 0.25) is 0 Å². The van der Waals surface area contributed by atoms with Gasteiger partial charge < -0.3 is 20.5 Å². The van der Waals surface area contributed by atoms with E-state index in [0.717, 1.165) is 16.8 Å². The van der Waals surface area contributed by atoms with Crippen molar-refractivity contribution in [2.24, 2.45) is 0 Å². The second-order valence-corrected chi connectivity index (χ2v) is 8.65. The second-order valence-electron chi connectivity index (χ2n) is 7.62. The number of anilines is 2. The van der Waals surface area contributed by atoms with Gasteiger partial charge in [-0.05, 0) is 31.2 Å². The minimum absolute atomic E-state index is 0.115. The number of fused-ring (bicyclic) bond motifs is 1. The molecule has 2 heterocycles. The molecule has 4 rings (SSSR count). The number of hydrogen-bond donors (Lipinski definition) is 3. The van der Waals surface area contributed by atoms with E-state index in [1.165, 1.54) is 36.5 Å². The summed E-state index contributed by atoms with van der Waals surface area (Å²) in [6.07, 6.45) is -4.45. The third-order valence-electron chi connectivity index (χ3n) is 4.74. The number of carbonyl (C=O) groups is 1. The summed E-state index contributed by atoms with van der Waals surface area (Å²) in [5.41, 5.74) is 0.476. The number of aliphatic hydroxyl groups excluding tert-OH is 1. The molecule has 35 heavy (non-hydrogen) atoms. The number of nitrogens with zero attached hydrogens (tertiary/aromatic N) is 3. The Morgan fingerprint density at radius 2 is 1.89 bits per heavy atom. The largest absolute Gasteiger partial charge is 0.437 e. The standard InChI is InChI=1S/C23H20F3N5O3S/c1-12(11-32)27-21-29-16(14-6-8-15(9-7-14)23(24,25)26)10-19(30-21)34-17-4-3-5-18-20(17)31-22(35-18)28-13(2)33/h3-10,12,32H,11H2,1-2H3,(H,27,29,30)(H,28,31,33). The van der Waals surface area contributed by atoms with Crippen LogP contribution in [0.4, 0.5) is 24.3 Å². The van der Waals surface area contributed by atoms with Crippen molar-refractivity contribution in [3.05, 3.63) is 54.1 Å².